The number of halogens is 2. The zero-order valence-corrected chi connectivity index (χ0v) is 10.1. The first-order chi connectivity index (χ1) is 7.29. The largest absolute Gasteiger partial charge is 0.234 e. The van der Waals surface area contributed by atoms with Crippen LogP contribution in [-0.2, 0) is 11.0 Å². The van der Waals surface area contributed by atoms with Crippen molar-refractivity contribution < 1.29 is 13.0 Å². The molecule has 0 aliphatic rings. The molecule has 0 saturated heterocycles. The highest BCUT2D eigenvalue weighted by molar-refractivity contribution is 7.85. The Balaban J connectivity index is 2.89. The average molecular weight is 245 g/mol. The summed E-state index contributed by atoms with van der Waals surface area (Å²) < 4.78 is 40.4. The van der Waals surface area contributed by atoms with Gasteiger partial charge >= 0.3 is 0 Å². The lowest BCUT2D eigenvalue weighted by molar-refractivity contribution is 0.583. The summed E-state index contributed by atoms with van der Waals surface area (Å²) >= 11 is 0. The molecule has 0 aromatic heterocycles. The van der Waals surface area contributed by atoms with E-state index in [0.717, 1.165) is 18.2 Å². The SMILES string of the molecule is CC(C)(C)[S@@](=O)N=Cc1cc(F)cc(F)c1. The lowest BCUT2D eigenvalue weighted by atomic mass is 10.2. The molecule has 0 bridgehead atoms. The molecular formula is C11H13F2NOS. The summed E-state index contributed by atoms with van der Waals surface area (Å²) in [6, 6.07) is 3.04. The van der Waals surface area contributed by atoms with Crippen LogP contribution in [0.1, 0.15) is 26.3 Å². The van der Waals surface area contributed by atoms with Crippen LogP contribution in [0.25, 0.3) is 0 Å². The fourth-order valence-electron chi connectivity index (χ4n) is 0.917. The molecule has 1 aromatic rings. The first-order valence-corrected chi connectivity index (χ1v) is 5.82. The van der Waals surface area contributed by atoms with E-state index in [2.05, 4.69) is 4.40 Å². The first kappa shape index (κ1) is 13.0. The zero-order valence-electron chi connectivity index (χ0n) is 9.33. The molecule has 0 heterocycles. The Kier molecular flexibility index (Phi) is 3.91. The second kappa shape index (κ2) is 4.82. The van der Waals surface area contributed by atoms with Crippen LogP contribution >= 0.6 is 0 Å². The van der Waals surface area contributed by atoms with Gasteiger partial charge < -0.3 is 0 Å². The van der Waals surface area contributed by atoms with Crippen molar-refractivity contribution >= 4 is 17.2 Å². The Morgan fingerprint density at radius 1 is 1.19 bits per heavy atom. The first-order valence-electron chi connectivity index (χ1n) is 4.71. The van der Waals surface area contributed by atoms with Crippen LogP contribution in [0.15, 0.2) is 22.6 Å². The van der Waals surface area contributed by atoms with Crippen molar-refractivity contribution in [3.05, 3.63) is 35.4 Å². The molecule has 0 spiro atoms. The Labute approximate surface area is 96.0 Å². The standard InChI is InChI=1S/C11H13F2NOS/c1-11(2,3)16(15)14-7-8-4-9(12)6-10(13)5-8/h4-7H,1-3H3/t16-/m1/s1. The Morgan fingerprint density at radius 2 is 1.69 bits per heavy atom. The quantitative estimate of drug-likeness (QED) is 0.737. The fraction of sp³-hybridized carbons (Fsp3) is 0.364. The van der Waals surface area contributed by atoms with Crippen molar-refractivity contribution in [1.82, 2.24) is 0 Å². The van der Waals surface area contributed by atoms with Gasteiger partial charge in [-0.2, -0.15) is 4.40 Å². The van der Waals surface area contributed by atoms with E-state index in [0.29, 0.717) is 0 Å². The van der Waals surface area contributed by atoms with E-state index < -0.39 is 27.4 Å². The van der Waals surface area contributed by atoms with Gasteiger partial charge in [-0.05, 0) is 38.5 Å². The van der Waals surface area contributed by atoms with Crippen molar-refractivity contribution in [2.45, 2.75) is 25.5 Å². The van der Waals surface area contributed by atoms with Gasteiger partial charge in [0.25, 0.3) is 0 Å². The molecule has 0 amide bonds. The van der Waals surface area contributed by atoms with Crippen LogP contribution in [0, 0.1) is 11.6 Å². The summed E-state index contributed by atoms with van der Waals surface area (Å²) in [4.78, 5) is 0. The maximum Gasteiger partial charge on any atom is 0.144 e. The molecule has 0 unspecified atom stereocenters. The highest BCUT2D eigenvalue weighted by Crippen LogP contribution is 2.12. The van der Waals surface area contributed by atoms with Crippen molar-refractivity contribution in [1.29, 1.82) is 0 Å². The van der Waals surface area contributed by atoms with Crippen molar-refractivity contribution in [2.75, 3.05) is 0 Å². The maximum absolute atomic E-state index is 12.8. The summed E-state index contributed by atoms with van der Waals surface area (Å²) in [5.74, 6) is -1.36. The molecule has 0 N–H and O–H groups in total. The minimum absolute atomic E-state index is 0.259. The van der Waals surface area contributed by atoms with Crippen LogP contribution in [0.5, 0.6) is 0 Å². The number of hydrogen-bond acceptors (Lipinski definition) is 1. The second-order valence-electron chi connectivity index (χ2n) is 4.30. The molecule has 1 atom stereocenters. The van der Waals surface area contributed by atoms with Gasteiger partial charge in [-0.25, -0.2) is 13.0 Å². The molecule has 0 radical (unpaired) electrons. The van der Waals surface area contributed by atoms with Gasteiger partial charge in [0.15, 0.2) is 0 Å². The number of nitrogens with zero attached hydrogens (tertiary/aromatic N) is 1. The highest BCUT2D eigenvalue weighted by Gasteiger charge is 2.18. The molecule has 0 saturated carbocycles. The Bertz CT molecular complexity index is 418. The van der Waals surface area contributed by atoms with Gasteiger partial charge in [-0.3, -0.25) is 0 Å². The molecule has 0 aliphatic carbocycles. The molecule has 88 valence electrons. The van der Waals surface area contributed by atoms with Gasteiger partial charge in [0.2, 0.25) is 0 Å². The monoisotopic (exact) mass is 245 g/mol. The third-order valence-electron chi connectivity index (χ3n) is 1.71. The predicted molar refractivity (Wildman–Crippen MR) is 61.8 cm³/mol. The maximum atomic E-state index is 12.8. The minimum Gasteiger partial charge on any atom is -0.234 e. The van der Waals surface area contributed by atoms with E-state index in [4.69, 9.17) is 0 Å². The average Bonchev–Trinajstić information content (AvgIpc) is 2.11. The lowest BCUT2D eigenvalue weighted by Gasteiger charge is -2.12. The van der Waals surface area contributed by atoms with Crippen LogP contribution in [0.2, 0.25) is 0 Å². The van der Waals surface area contributed by atoms with Crippen molar-refractivity contribution in [2.24, 2.45) is 4.40 Å². The molecule has 1 rings (SSSR count). The van der Waals surface area contributed by atoms with E-state index in [9.17, 15) is 13.0 Å². The summed E-state index contributed by atoms with van der Waals surface area (Å²) in [5.41, 5.74) is 0.259. The summed E-state index contributed by atoms with van der Waals surface area (Å²) in [5, 5.41) is 0. The number of hydrogen-bond donors (Lipinski definition) is 0. The van der Waals surface area contributed by atoms with Crippen molar-refractivity contribution in [3.63, 3.8) is 0 Å². The molecular weight excluding hydrogens is 232 g/mol. The molecule has 0 aliphatic heterocycles. The van der Waals surface area contributed by atoms with Gasteiger partial charge in [-0.1, -0.05) is 0 Å². The van der Waals surface area contributed by atoms with E-state index >= 15 is 0 Å². The van der Waals surface area contributed by atoms with E-state index in [1.54, 1.807) is 20.8 Å². The molecule has 16 heavy (non-hydrogen) atoms. The van der Waals surface area contributed by atoms with Gasteiger partial charge in [0.1, 0.15) is 22.6 Å². The van der Waals surface area contributed by atoms with E-state index in [1.165, 1.54) is 6.21 Å². The topological polar surface area (TPSA) is 29.4 Å². The third kappa shape index (κ3) is 3.81. The molecule has 5 heteroatoms. The zero-order chi connectivity index (χ0) is 12.3. The second-order valence-corrected chi connectivity index (χ2v) is 6.23. The Hall–Kier alpha value is -1.10. The molecule has 1 aromatic carbocycles. The van der Waals surface area contributed by atoms with E-state index in [1.807, 2.05) is 0 Å². The fourth-order valence-corrected chi connectivity index (χ4v) is 1.45. The lowest BCUT2D eigenvalue weighted by Crippen LogP contribution is -2.19. The number of rotatable bonds is 2. The molecule has 2 nitrogen and oxygen atoms in total. The van der Waals surface area contributed by atoms with Crippen LogP contribution in [-0.4, -0.2) is 15.2 Å². The smallest absolute Gasteiger partial charge is 0.144 e. The Morgan fingerprint density at radius 3 is 2.12 bits per heavy atom. The predicted octanol–water partition coefficient (Wildman–Crippen LogP) is 2.85. The van der Waals surface area contributed by atoms with E-state index in [-0.39, 0.29) is 5.56 Å². The van der Waals surface area contributed by atoms with Crippen LogP contribution in [0.4, 0.5) is 8.78 Å². The highest BCUT2D eigenvalue weighted by atomic mass is 32.2. The minimum atomic E-state index is -1.43. The van der Waals surface area contributed by atoms with Gasteiger partial charge in [0.05, 0.1) is 4.75 Å². The number of benzene rings is 1. The normalized spacial score (nSPS) is 14.3. The summed E-state index contributed by atoms with van der Waals surface area (Å²) in [6.07, 6.45) is 1.22. The molecule has 0 fully saturated rings. The summed E-state index contributed by atoms with van der Waals surface area (Å²) in [6.45, 7) is 5.31. The summed E-state index contributed by atoms with van der Waals surface area (Å²) in [7, 11) is -1.43. The third-order valence-corrected chi connectivity index (χ3v) is 3.05. The van der Waals surface area contributed by atoms with Crippen LogP contribution < -0.4 is 0 Å². The van der Waals surface area contributed by atoms with Gasteiger partial charge in [0, 0.05) is 12.3 Å². The van der Waals surface area contributed by atoms with Crippen LogP contribution in [0.3, 0.4) is 0 Å². The van der Waals surface area contributed by atoms with Crippen molar-refractivity contribution in [3.8, 4) is 0 Å². The van der Waals surface area contributed by atoms with Gasteiger partial charge in [-0.15, -0.1) is 0 Å².